The number of aromatic nitrogens is 1. The van der Waals surface area contributed by atoms with Crippen LogP contribution in [0.3, 0.4) is 0 Å². The summed E-state index contributed by atoms with van der Waals surface area (Å²) in [7, 11) is 0. The molecular weight excluding hydrogens is 274 g/mol. The van der Waals surface area contributed by atoms with Crippen LogP contribution in [-0.4, -0.2) is 10.5 Å². The lowest BCUT2D eigenvalue weighted by Crippen LogP contribution is -2.26. The van der Waals surface area contributed by atoms with E-state index in [2.05, 4.69) is 0 Å². The van der Waals surface area contributed by atoms with Gasteiger partial charge in [-0.3, -0.25) is 9.59 Å². The Morgan fingerprint density at radius 3 is 1.86 bits per heavy atom. The number of carbonyl (C=O) groups is 1. The molecular formula is C19H15NO2. The molecule has 2 aromatic carbocycles. The lowest BCUT2D eigenvalue weighted by atomic mass is 9.99. The monoisotopic (exact) mass is 289 g/mol. The maximum Gasteiger partial charge on any atom is 0.257 e. The van der Waals surface area contributed by atoms with E-state index in [4.69, 9.17) is 0 Å². The Kier molecular flexibility index (Phi) is 3.71. The molecule has 0 unspecified atom stereocenters. The van der Waals surface area contributed by atoms with E-state index < -0.39 is 0 Å². The first-order valence-electron chi connectivity index (χ1n) is 7.06. The first kappa shape index (κ1) is 14.0. The fraction of sp³-hybridized carbons (Fsp3) is 0.0526. The minimum atomic E-state index is -0.314. The van der Waals surface area contributed by atoms with Gasteiger partial charge in [0.2, 0.25) is 5.91 Å². The topological polar surface area (TPSA) is 39.1 Å². The molecule has 0 aliphatic heterocycles. The molecule has 3 heteroatoms. The third-order valence-corrected chi connectivity index (χ3v) is 3.54. The Labute approximate surface area is 128 Å². The quantitative estimate of drug-likeness (QED) is 0.719. The molecule has 108 valence electrons. The van der Waals surface area contributed by atoms with Gasteiger partial charge in [0, 0.05) is 18.6 Å². The number of hydrogen-bond donors (Lipinski definition) is 0. The minimum Gasteiger partial charge on any atom is -0.274 e. The molecule has 1 aromatic heterocycles. The van der Waals surface area contributed by atoms with Gasteiger partial charge in [-0.1, -0.05) is 60.7 Å². The Bertz CT molecular complexity index is 865. The molecule has 0 spiro atoms. The molecule has 0 radical (unpaired) electrons. The molecule has 3 rings (SSSR count). The van der Waals surface area contributed by atoms with E-state index in [0.29, 0.717) is 5.69 Å². The standard InChI is InChI=1S/C19H15NO2/c1-14(21)20-18(22)13-12-17(15-8-4-2-5-9-15)19(20)16-10-6-3-7-11-16/h2-13H,1H3. The highest BCUT2D eigenvalue weighted by molar-refractivity contribution is 5.89. The van der Waals surface area contributed by atoms with Crippen molar-refractivity contribution in [3.05, 3.63) is 83.2 Å². The van der Waals surface area contributed by atoms with Crippen LogP contribution in [0.2, 0.25) is 0 Å². The van der Waals surface area contributed by atoms with Crippen LogP contribution in [0.4, 0.5) is 0 Å². The maximum absolute atomic E-state index is 12.2. The van der Waals surface area contributed by atoms with Gasteiger partial charge in [0.05, 0.1) is 5.69 Å². The number of carbonyl (C=O) groups excluding carboxylic acids is 1. The van der Waals surface area contributed by atoms with Crippen molar-refractivity contribution >= 4 is 5.91 Å². The van der Waals surface area contributed by atoms with Gasteiger partial charge in [-0.2, -0.15) is 0 Å². The molecule has 22 heavy (non-hydrogen) atoms. The first-order valence-corrected chi connectivity index (χ1v) is 7.06. The molecule has 0 fully saturated rings. The number of benzene rings is 2. The van der Waals surface area contributed by atoms with Gasteiger partial charge in [0.1, 0.15) is 0 Å². The summed E-state index contributed by atoms with van der Waals surface area (Å²) in [6.07, 6.45) is 0. The summed E-state index contributed by atoms with van der Waals surface area (Å²) in [5.41, 5.74) is 2.99. The SMILES string of the molecule is CC(=O)n1c(-c2ccccc2)c(-c2ccccc2)ccc1=O. The average Bonchev–Trinajstić information content (AvgIpc) is 2.56. The summed E-state index contributed by atoms with van der Waals surface area (Å²) in [6.45, 7) is 1.41. The van der Waals surface area contributed by atoms with Gasteiger partial charge in [0.15, 0.2) is 0 Å². The first-order chi connectivity index (χ1) is 10.7. The van der Waals surface area contributed by atoms with E-state index in [9.17, 15) is 9.59 Å². The summed E-state index contributed by atoms with van der Waals surface area (Å²) in [5.74, 6) is -0.290. The largest absolute Gasteiger partial charge is 0.274 e. The van der Waals surface area contributed by atoms with Crippen molar-refractivity contribution in [2.75, 3.05) is 0 Å². The average molecular weight is 289 g/mol. The summed E-state index contributed by atoms with van der Waals surface area (Å²) in [5, 5.41) is 0. The Morgan fingerprint density at radius 1 is 0.773 bits per heavy atom. The van der Waals surface area contributed by atoms with Crippen LogP contribution in [0.5, 0.6) is 0 Å². The smallest absolute Gasteiger partial charge is 0.257 e. The molecule has 0 saturated carbocycles. The molecule has 0 atom stereocenters. The molecule has 0 amide bonds. The van der Waals surface area contributed by atoms with Crippen LogP contribution in [-0.2, 0) is 0 Å². The zero-order valence-corrected chi connectivity index (χ0v) is 12.2. The third kappa shape index (κ3) is 2.49. The normalized spacial score (nSPS) is 10.4. The van der Waals surface area contributed by atoms with E-state index in [1.54, 1.807) is 6.07 Å². The molecule has 0 bridgehead atoms. The van der Waals surface area contributed by atoms with Crippen LogP contribution in [0, 0.1) is 0 Å². The maximum atomic E-state index is 12.2. The molecule has 3 aromatic rings. The van der Waals surface area contributed by atoms with Gasteiger partial charge >= 0.3 is 0 Å². The zero-order chi connectivity index (χ0) is 15.5. The lowest BCUT2D eigenvalue weighted by molar-refractivity contribution is 0.0934. The van der Waals surface area contributed by atoms with Crippen LogP contribution >= 0.6 is 0 Å². The molecule has 0 aliphatic rings. The minimum absolute atomic E-state index is 0.290. The number of pyridine rings is 1. The summed E-state index contributed by atoms with van der Waals surface area (Å²) < 4.78 is 1.23. The second-order valence-corrected chi connectivity index (χ2v) is 5.02. The van der Waals surface area contributed by atoms with Gasteiger partial charge in [0.25, 0.3) is 5.56 Å². The van der Waals surface area contributed by atoms with E-state index in [1.165, 1.54) is 17.6 Å². The Balaban J connectivity index is 2.39. The summed E-state index contributed by atoms with van der Waals surface area (Å²) >= 11 is 0. The van der Waals surface area contributed by atoms with Crippen molar-refractivity contribution in [1.29, 1.82) is 0 Å². The molecule has 0 aliphatic carbocycles. The van der Waals surface area contributed by atoms with E-state index in [-0.39, 0.29) is 11.5 Å². The van der Waals surface area contributed by atoms with Crippen molar-refractivity contribution in [1.82, 2.24) is 4.57 Å². The van der Waals surface area contributed by atoms with Gasteiger partial charge < -0.3 is 0 Å². The van der Waals surface area contributed by atoms with Crippen molar-refractivity contribution in [3.8, 4) is 22.4 Å². The Hall–Kier alpha value is -2.94. The molecule has 3 nitrogen and oxygen atoms in total. The zero-order valence-electron chi connectivity index (χ0n) is 12.2. The number of hydrogen-bond acceptors (Lipinski definition) is 2. The highest BCUT2D eigenvalue weighted by Crippen LogP contribution is 2.30. The van der Waals surface area contributed by atoms with Crippen molar-refractivity contribution in [2.45, 2.75) is 6.92 Å². The van der Waals surface area contributed by atoms with Gasteiger partial charge in [-0.15, -0.1) is 0 Å². The molecule has 1 heterocycles. The molecule has 0 N–H and O–H groups in total. The Morgan fingerprint density at radius 2 is 1.32 bits per heavy atom. The van der Waals surface area contributed by atoms with Crippen LogP contribution < -0.4 is 5.56 Å². The fourth-order valence-corrected chi connectivity index (χ4v) is 2.58. The summed E-state index contributed by atoms with van der Waals surface area (Å²) in [6, 6.07) is 22.5. The second kappa shape index (κ2) is 5.82. The predicted octanol–water partition coefficient (Wildman–Crippen LogP) is 3.84. The number of nitrogens with zero attached hydrogens (tertiary/aromatic N) is 1. The van der Waals surface area contributed by atoms with E-state index in [1.807, 2.05) is 60.7 Å². The highest BCUT2D eigenvalue weighted by Gasteiger charge is 2.16. The van der Waals surface area contributed by atoms with Crippen molar-refractivity contribution in [2.24, 2.45) is 0 Å². The van der Waals surface area contributed by atoms with Crippen LogP contribution in [0.15, 0.2) is 77.6 Å². The van der Waals surface area contributed by atoms with Gasteiger partial charge in [-0.05, 0) is 17.2 Å². The van der Waals surface area contributed by atoms with Crippen LogP contribution in [0.1, 0.15) is 11.7 Å². The molecule has 0 saturated heterocycles. The van der Waals surface area contributed by atoms with Gasteiger partial charge in [-0.25, -0.2) is 4.57 Å². The lowest BCUT2D eigenvalue weighted by Gasteiger charge is -2.15. The van der Waals surface area contributed by atoms with Crippen molar-refractivity contribution in [3.63, 3.8) is 0 Å². The number of rotatable bonds is 2. The summed E-state index contributed by atoms with van der Waals surface area (Å²) in [4.78, 5) is 24.2. The van der Waals surface area contributed by atoms with E-state index in [0.717, 1.165) is 16.7 Å². The fourth-order valence-electron chi connectivity index (χ4n) is 2.58. The second-order valence-electron chi connectivity index (χ2n) is 5.02. The predicted molar refractivity (Wildman–Crippen MR) is 87.9 cm³/mol. The van der Waals surface area contributed by atoms with Crippen LogP contribution in [0.25, 0.3) is 22.4 Å². The van der Waals surface area contributed by atoms with Crippen molar-refractivity contribution < 1.29 is 4.79 Å². The van der Waals surface area contributed by atoms with E-state index >= 15 is 0 Å². The third-order valence-electron chi connectivity index (χ3n) is 3.54. The highest BCUT2D eigenvalue weighted by atomic mass is 16.2.